The molecule has 2 aromatic rings. The minimum Gasteiger partial charge on any atom is -0.299 e. The average Bonchev–Trinajstić information content (AvgIpc) is 2.87. The summed E-state index contributed by atoms with van der Waals surface area (Å²) in [5, 5.41) is 0. The van der Waals surface area contributed by atoms with Crippen LogP contribution < -0.4 is 0 Å². The molecule has 0 N–H and O–H groups in total. The first-order valence-electron chi connectivity index (χ1n) is 7.76. The van der Waals surface area contributed by atoms with Gasteiger partial charge in [0.05, 0.1) is 5.41 Å². The lowest BCUT2D eigenvalue weighted by Gasteiger charge is -2.23. The number of carbonyl (C=O) groups excluding carboxylic acids is 3. The van der Waals surface area contributed by atoms with Gasteiger partial charge in [0.2, 0.25) is 0 Å². The van der Waals surface area contributed by atoms with Crippen LogP contribution in [0.5, 0.6) is 0 Å². The van der Waals surface area contributed by atoms with Crippen LogP contribution in [0.2, 0.25) is 0 Å². The van der Waals surface area contributed by atoms with Gasteiger partial charge in [-0.2, -0.15) is 0 Å². The number of hydrogen-bond donors (Lipinski definition) is 0. The molecule has 0 radical (unpaired) electrons. The van der Waals surface area contributed by atoms with Crippen molar-refractivity contribution >= 4 is 17.3 Å². The van der Waals surface area contributed by atoms with E-state index in [1.807, 2.05) is 36.4 Å². The third kappa shape index (κ3) is 2.63. The third-order valence-corrected chi connectivity index (χ3v) is 4.74. The number of rotatable bonds is 5. The maximum Gasteiger partial charge on any atom is 0.176 e. The fourth-order valence-electron chi connectivity index (χ4n) is 3.32. The molecule has 1 unspecified atom stereocenters. The lowest BCUT2D eigenvalue weighted by atomic mass is 9.75. The zero-order valence-corrected chi connectivity index (χ0v) is 13.0. The maximum atomic E-state index is 12.8. The van der Waals surface area contributed by atoms with E-state index in [1.165, 1.54) is 6.92 Å². The van der Waals surface area contributed by atoms with Crippen LogP contribution in [0.1, 0.15) is 46.0 Å². The Morgan fingerprint density at radius 2 is 1.65 bits per heavy atom. The van der Waals surface area contributed by atoms with E-state index in [4.69, 9.17) is 0 Å². The second-order valence-electron chi connectivity index (χ2n) is 6.09. The molecule has 0 amide bonds. The van der Waals surface area contributed by atoms with Crippen LogP contribution >= 0.6 is 0 Å². The molecule has 0 aliphatic heterocycles. The van der Waals surface area contributed by atoms with E-state index in [2.05, 4.69) is 0 Å². The van der Waals surface area contributed by atoms with E-state index in [9.17, 15) is 14.4 Å². The van der Waals surface area contributed by atoms with Gasteiger partial charge in [-0.05, 0) is 25.3 Å². The highest BCUT2D eigenvalue weighted by Gasteiger charge is 2.48. The molecule has 0 fully saturated rings. The van der Waals surface area contributed by atoms with Crippen molar-refractivity contribution in [3.8, 4) is 0 Å². The Hall–Kier alpha value is -2.55. The molecule has 0 saturated heterocycles. The lowest BCUT2D eigenvalue weighted by Crippen LogP contribution is -2.36. The van der Waals surface area contributed by atoms with Crippen molar-refractivity contribution in [2.45, 2.75) is 26.2 Å². The van der Waals surface area contributed by atoms with E-state index in [0.29, 0.717) is 17.5 Å². The van der Waals surface area contributed by atoms with Gasteiger partial charge in [-0.15, -0.1) is 0 Å². The lowest BCUT2D eigenvalue weighted by molar-refractivity contribution is -0.124. The van der Waals surface area contributed by atoms with Gasteiger partial charge in [-0.3, -0.25) is 14.4 Å². The molecule has 0 aromatic heterocycles. The maximum absolute atomic E-state index is 12.8. The van der Waals surface area contributed by atoms with Crippen molar-refractivity contribution in [1.82, 2.24) is 0 Å². The SMILES string of the molecule is CC(=O)C1(CCC(=O)c2ccccc2)Cc2ccccc2C1=O. The van der Waals surface area contributed by atoms with Crippen LogP contribution in [-0.2, 0) is 11.2 Å². The highest BCUT2D eigenvalue weighted by atomic mass is 16.2. The predicted octanol–water partition coefficient (Wildman–Crippen LogP) is 3.66. The molecule has 116 valence electrons. The second kappa shape index (κ2) is 5.92. The number of hydrogen-bond acceptors (Lipinski definition) is 3. The molecular weight excluding hydrogens is 288 g/mol. The van der Waals surface area contributed by atoms with Crippen LogP contribution in [0.15, 0.2) is 54.6 Å². The highest BCUT2D eigenvalue weighted by molar-refractivity contribution is 6.17. The number of Topliss-reactive ketones (excluding diaryl/α,β-unsaturated/α-hetero) is 3. The van der Waals surface area contributed by atoms with Gasteiger partial charge in [-0.25, -0.2) is 0 Å². The minimum absolute atomic E-state index is 0.0324. The highest BCUT2D eigenvalue weighted by Crippen LogP contribution is 2.41. The Morgan fingerprint density at radius 3 is 2.30 bits per heavy atom. The molecule has 3 rings (SSSR count). The smallest absolute Gasteiger partial charge is 0.176 e. The molecule has 1 aliphatic rings. The standard InChI is InChI=1S/C20H18O3/c1-14(21)20(12-11-18(22)15-7-3-2-4-8-15)13-16-9-5-6-10-17(16)19(20)23/h2-10H,11-13H2,1H3. The summed E-state index contributed by atoms with van der Waals surface area (Å²) in [6.45, 7) is 1.46. The van der Waals surface area contributed by atoms with Gasteiger partial charge in [0.25, 0.3) is 0 Å². The first kappa shape index (κ1) is 15.3. The van der Waals surface area contributed by atoms with Crippen molar-refractivity contribution in [2.75, 3.05) is 0 Å². The summed E-state index contributed by atoms with van der Waals surface area (Å²) in [5.74, 6) is -0.323. The molecular formula is C20H18O3. The predicted molar refractivity (Wildman–Crippen MR) is 87.6 cm³/mol. The van der Waals surface area contributed by atoms with Crippen LogP contribution in [0.4, 0.5) is 0 Å². The van der Waals surface area contributed by atoms with Crippen molar-refractivity contribution in [1.29, 1.82) is 0 Å². The number of carbonyl (C=O) groups is 3. The number of fused-ring (bicyclic) bond motifs is 1. The molecule has 0 heterocycles. The topological polar surface area (TPSA) is 51.2 Å². The Morgan fingerprint density at radius 1 is 1.00 bits per heavy atom. The Balaban J connectivity index is 1.83. The third-order valence-electron chi connectivity index (χ3n) is 4.74. The largest absolute Gasteiger partial charge is 0.299 e. The Labute approximate surface area is 135 Å². The van der Waals surface area contributed by atoms with Crippen LogP contribution in [-0.4, -0.2) is 17.3 Å². The van der Waals surface area contributed by atoms with Gasteiger partial charge >= 0.3 is 0 Å². The molecule has 1 aliphatic carbocycles. The van der Waals surface area contributed by atoms with Gasteiger partial charge in [0.1, 0.15) is 5.78 Å². The average molecular weight is 306 g/mol. The van der Waals surface area contributed by atoms with E-state index in [0.717, 1.165) is 5.56 Å². The summed E-state index contributed by atoms with van der Waals surface area (Å²) >= 11 is 0. The van der Waals surface area contributed by atoms with E-state index in [-0.39, 0.29) is 30.2 Å². The molecule has 3 nitrogen and oxygen atoms in total. The normalized spacial score (nSPS) is 19.4. The first-order chi connectivity index (χ1) is 11.0. The summed E-state index contributed by atoms with van der Waals surface area (Å²) in [7, 11) is 0. The second-order valence-corrected chi connectivity index (χ2v) is 6.09. The first-order valence-corrected chi connectivity index (χ1v) is 7.76. The van der Waals surface area contributed by atoms with Crippen LogP contribution in [0, 0.1) is 5.41 Å². The monoisotopic (exact) mass is 306 g/mol. The van der Waals surface area contributed by atoms with Crippen molar-refractivity contribution < 1.29 is 14.4 Å². The molecule has 0 spiro atoms. The van der Waals surface area contributed by atoms with Gasteiger partial charge in [0, 0.05) is 17.5 Å². The minimum atomic E-state index is -1.08. The van der Waals surface area contributed by atoms with Crippen LogP contribution in [0.25, 0.3) is 0 Å². The Bertz CT molecular complexity index is 776. The fraction of sp³-hybridized carbons (Fsp3) is 0.250. The van der Waals surface area contributed by atoms with Gasteiger partial charge in [0.15, 0.2) is 11.6 Å². The Kier molecular flexibility index (Phi) is 3.95. The van der Waals surface area contributed by atoms with E-state index in [1.54, 1.807) is 18.2 Å². The summed E-state index contributed by atoms with van der Waals surface area (Å²) < 4.78 is 0. The summed E-state index contributed by atoms with van der Waals surface area (Å²) in [6, 6.07) is 16.3. The zero-order valence-electron chi connectivity index (χ0n) is 13.0. The van der Waals surface area contributed by atoms with Crippen molar-refractivity contribution in [3.05, 3.63) is 71.3 Å². The summed E-state index contributed by atoms with van der Waals surface area (Å²) in [4.78, 5) is 37.4. The number of ketones is 3. The molecule has 3 heteroatoms. The summed E-state index contributed by atoms with van der Waals surface area (Å²) in [5.41, 5.74) is 1.07. The quantitative estimate of drug-likeness (QED) is 0.625. The molecule has 0 bridgehead atoms. The molecule has 0 saturated carbocycles. The van der Waals surface area contributed by atoms with Crippen LogP contribution in [0.3, 0.4) is 0 Å². The van der Waals surface area contributed by atoms with Gasteiger partial charge in [-0.1, -0.05) is 54.6 Å². The fourth-order valence-corrected chi connectivity index (χ4v) is 3.32. The van der Waals surface area contributed by atoms with Crippen molar-refractivity contribution in [3.63, 3.8) is 0 Å². The zero-order chi connectivity index (χ0) is 16.4. The van der Waals surface area contributed by atoms with E-state index >= 15 is 0 Å². The van der Waals surface area contributed by atoms with Gasteiger partial charge < -0.3 is 0 Å². The van der Waals surface area contributed by atoms with E-state index < -0.39 is 5.41 Å². The molecule has 23 heavy (non-hydrogen) atoms. The number of benzene rings is 2. The van der Waals surface area contributed by atoms with Crippen molar-refractivity contribution in [2.24, 2.45) is 5.41 Å². The summed E-state index contributed by atoms with van der Waals surface area (Å²) in [6.07, 6.45) is 0.867. The molecule has 1 atom stereocenters. The molecule has 2 aromatic carbocycles.